The van der Waals surface area contributed by atoms with Gasteiger partial charge in [-0.3, -0.25) is 19.1 Å². The molecule has 0 atom stereocenters. The predicted molar refractivity (Wildman–Crippen MR) is 95.5 cm³/mol. The number of hydrogen-bond acceptors (Lipinski definition) is 7. The molecule has 1 aliphatic heterocycles. The molecule has 0 bridgehead atoms. The van der Waals surface area contributed by atoms with Gasteiger partial charge in [0, 0.05) is 13.1 Å². The summed E-state index contributed by atoms with van der Waals surface area (Å²) in [5, 5.41) is 0. The highest BCUT2D eigenvalue weighted by Crippen LogP contribution is 2.19. The van der Waals surface area contributed by atoms with Gasteiger partial charge in [0.15, 0.2) is 5.52 Å². The Morgan fingerprint density at radius 2 is 2.00 bits per heavy atom. The second kappa shape index (κ2) is 6.91. The first kappa shape index (κ1) is 18.1. The minimum absolute atomic E-state index is 0.102. The number of nitrogens with one attached hydrogen (secondary N) is 1. The Balaban J connectivity index is 2.04. The van der Waals surface area contributed by atoms with E-state index in [1.165, 1.54) is 4.57 Å². The van der Waals surface area contributed by atoms with Crippen molar-refractivity contribution in [1.29, 1.82) is 0 Å². The summed E-state index contributed by atoms with van der Waals surface area (Å²) < 4.78 is 11.8. The number of aromatic nitrogens is 3. The average molecular weight is 362 g/mol. The van der Waals surface area contributed by atoms with Crippen LogP contribution in [0.4, 0.5) is 5.69 Å². The molecule has 0 unspecified atom stereocenters. The van der Waals surface area contributed by atoms with Crippen molar-refractivity contribution in [2.24, 2.45) is 0 Å². The van der Waals surface area contributed by atoms with E-state index in [2.05, 4.69) is 14.9 Å². The Labute approximate surface area is 149 Å². The number of aromatic amines is 1. The van der Waals surface area contributed by atoms with Crippen molar-refractivity contribution >= 4 is 22.7 Å². The number of morpholine rings is 1. The second-order valence-electron chi connectivity index (χ2n) is 7.09. The molecule has 0 aromatic carbocycles. The molecule has 0 radical (unpaired) electrons. The number of carbonyl (C=O) groups excluding carboxylic acids is 1. The van der Waals surface area contributed by atoms with Gasteiger partial charge in [-0.15, -0.1) is 0 Å². The number of ether oxygens (including phenoxy) is 2. The van der Waals surface area contributed by atoms with E-state index in [9.17, 15) is 14.4 Å². The fourth-order valence-electron chi connectivity index (χ4n) is 2.81. The third-order valence-corrected chi connectivity index (χ3v) is 3.91. The molecule has 0 aliphatic carbocycles. The van der Waals surface area contributed by atoms with Crippen molar-refractivity contribution in [3.05, 3.63) is 33.1 Å². The molecule has 3 heterocycles. The van der Waals surface area contributed by atoms with E-state index < -0.39 is 22.8 Å². The molecule has 1 saturated heterocycles. The number of esters is 1. The van der Waals surface area contributed by atoms with Crippen LogP contribution in [0.25, 0.3) is 11.0 Å². The lowest BCUT2D eigenvalue weighted by atomic mass is 10.2. The Morgan fingerprint density at radius 3 is 2.65 bits per heavy atom. The van der Waals surface area contributed by atoms with Crippen molar-refractivity contribution < 1.29 is 14.3 Å². The van der Waals surface area contributed by atoms with Gasteiger partial charge in [-0.2, -0.15) is 0 Å². The van der Waals surface area contributed by atoms with Crippen molar-refractivity contribution in [2.75, 3.05) is 31.2 Å². The molecule has 0 amide bonds. The highest BCUT2D eigenvalue weighted by molar-refractivity contribution is 5.79. The summed E-state index contributed by atoms with van der Waals surface area (Å²) in [5.74, 6) is -0.565. The van der Waals surface area contributed by atoms with Gasteiger partial charge >= 0.3 is 11.7 Å². The van der Waals surface area contributed by atoms with Crippen molar-refractivity contribution in [3.63, 3.8) is 0 Å². The lowest BCUT2D eigenvalue weighted by molar-refractivity contribution is -0.155. The number of fused-ring (bicyclic) bond motifs is 1. The summed E-state index contributed by atoms with van der Waals surface area (Å²) in [7, 11) is 0. The minimum atomic E-state index is -0.672. The van der Waals surface area contributed by atoms with Crippen LogP contribution in [-0.2, 0) is 20.8 Å². The van der Waals surface area contributed by atoms with Crippen LogP contribution in [0.15, 0.2) is 21.9 Å². The quantitative estimate of drug-likeness (QED) is 0.781. The maximum atomic E-state index is 12.3. The normalized spacial score (nSPS) is 15.3. The molecule has 2 aromatic heterocycles. The topological polar surface area (TPSA) is 107 Å². The summed E-state index contributed by atoms with van der Waals surface area (Å²) in [5.41, 5.74) is -0.758. The molecule has 26 heavy (non-hydrogen) atoms. The molecular weight excluding hydrogens is 340 g/mol. The SMILES string of the molecule is CC(C)(C)OC(=O)Cn1c(=O)[nH]c(=O)c2ncc(N3CCOCC3)cc21. The van der Waals surface area contributed by atoms with Gasteiger partial charge < -0.3 is 14.4 Å². The predicted octanol–water partition coefficient (Wildman–Crippen LogP) is 0.263. The third-order valence-electron chi connectivity index (χ3n) is 3.91. The summed E-state index contributed by atoms with van der Waals surface area (Å²) in [6.07, 6.45) is 1.59. The van der Waals surface area contributed by atoms with Gasteiger partial charge in [-0.25, -0.2) is 9.78 Å². The standard InChI is InChI=1S/C17H22N4O5/c1-17(2,3)26-13(22)10-21-12-8-11(20-4-6-25-7-5-20)9-18-14(12)15(23)19-16(21)24/h8-9H,4-7,10H2,1-3H3,(H,19,23,24). The van der Waals surface area contributed by atoms with Crippen LogP contribution >= 0.6 is 0 Å². The first-order valence-electron chi connectivity index (χ1n) is 8.42. The molecule has 9 heteroatoms. The van der Waals surface area contributed by atoms with Crippen molar-refractivity contribution in [3.8, 4) is 0 Å². The fourth-order valence-corrected chi connectivity index (χ4v) is 2.81. The first-order valence-corrected chi connectivity index (χ1v) is 8.42. The van der Waals surface area contributed by atoms with Gasteiger partial charge in [0.25, 0.3) is 5.56 Å². The zero-order valence-corrected chi connectivity index (χ0v) is 15.1. The van der Waals surface area contributed by atoms with Crippen LogP contribution < -0.4 is 16.1 Å². The first-order chi connectivity index (χ1) is 12.2. The van der Waals surface area contributed by atoms with E-state index >= 15 is 0 Å². The number of nitrogens with zero attached hydrogens (tertiary/aromatic N) is 3. The molecule has 0 saturated carbocycles. The summed E-state index contributed by atoms with van der Waals surface area (Å²) >= 11 is 0. The maximum Gasteiger partial charge on any atom is 0.329 e. The minimum Gasteiger partial charge on any atom is -0.459 e. The smallest absolute Gasteiger partial charge is 0.329 e. The Kier molecular flexibility index (Phi) is 4.82. The zero-order valence-electron chi connectivity index (χ0n) is 15.1. The number of pyridine rings is 1. The molecule has 0 spiro atoms. The molecule has 1 aliphatic rings. The van der Waals surface area contributed by atoms with Gasteiger partial charge in [-0.1, -0.05) is 0 Å². The zero-order chi connectivity index (χ0) is 18.9. The molecule has 3 rings (SSSR count). The number of hydrogen-bond donors (Lipinski definition) is 1. The number of H-pyrrole nitrogens is 1. The van der Waals surface area contributed by atoms with Crippen LogP contribution in [0.1, 0.15) is 20.8 Å². The van der Waals surface area contributed by atoms with Crippen LogP contribution in [0.3, 0.4) is 0 Å². The van der Waals surface area contributed by atoms with Crippen LogP contribution in [-0.4, -0.2) is 52.4 Å². The molecule has 1 N–H and O–H groups in total. The number of carbonyl (C=O) groups is 1. The van der Waals surface area contributed by atoms with Crippen molar-refractivity contribution in [1.82, 2.24) is 14.5 Å². The highest BCUT2D eigenvalue weighted by Gasteiger charge is 2.20. The fraction of sp³-hybridized carbons (Fsp3) is 0.529. The van der Waals surface area contributed by atoms with Gasteiger partial charge in [0.05, 0.1) is 30.6 Å². The summed E-state index contributed by atoms with van der Waals surface area (Å²) in [4.78, 5) is 45.0. The molecular formula is C17H22N4O5. The number of anilines is 1. The van der Waals surface area contributed by atoms with Gasteiger partial charge in [0.2, 0.25) is 0 Å². The molecule has 2 aromatic rings. The van der Waals surface area contributed by atoms with Crippen LogP contribution in [0, 0.1) is 0 Å². The maximum absolute atomic E-state index is 12.3. The number of rotatable bonds is 3. The van der Waals surface area contributed by atoms with Gasteiger partial charge in [-0.05, 0) is 26.8 Å². The second-order valence-corrected chi connectivity index (χ2v) is 7.09. The van der Waals surface area contributed by atoms with E-state index in [0.29, 0.717) is 31.8 Å². The lowest BCUT2D eigenvalue weighted by Gasteiger charge is -2.28. The Bertz CT molecular complexity index is 935. The average Bonchev–Trinajstić information content (AvgIpc) is 2.57. The van der Waals surface area contributed by atoms with Crippen LogP contribution in [0.2, 0.25) is 0 Å². The monoisotopic (exact) mass is 362 g/mol. The Hall–Kier alpha value is -2.68. The van der Waals surface area contributed by atoms with Crippen molar-refractivity contribution in [2.45, 2.75) is 32.9 Å². The van der Waals surface area contributed by atoms with E-state index in [4.69, 9.17) is 9.47 Å². The van der Waals surface area contributed by atoms with E-state index in [1.54, 1.807) is 33.0 Å². The molecule has 9 nitrogen and oxygen atoms in total. The largest absolute Gasteiger partial charge is 0.459 e. The van der Waals surface area contributed by atoms with E-state index in [0.717, 1.165) is 5.69 Å². The third kappa shape index (κ3) is 3.93. The van der Waals surface area contributed by atoms with E-state index in [1.807, 2.05) is 0 Å². The van der Waals surface area contributed by atoms with Gasteiger partial charge in [0.1, 0.15) is 12.1 Å². The van der Waals surface area contributed by atoms with Crippen LogP contribution in [0.5, 0.6) is 0 Å². The molecule has 140 valence electrons. The van der Waals surface area contributed by atoms with E-state index in [-0.39, 0.29) is 12.1 Å². The Morgan fingerprint density at radius 1 is 1.31 bits per heavy atom. The summed E-state index contributed by atoms with van der Waals surface area (Å²) in [6.45, 7) is 7.50. The summed E-state index contributed by atoms with van der Waals surface area (Å²) in [6, 6.07) is 1.70. The highest BCUT2D eigenvalue weighted by atomic mass is 16.6. The molecule has 1 fully saturated rings. The lowest BCUT2D eigenvalue weighted by Crippen LogP contribution is -2.37.